The van der Waals surface area contributed by atoms with Gasteiger partial charge in [0, 0.05) is 11.8 Å². The Morgan fingerprint density at radius 3 is 2.62 bits per heavy atom. The molecule has 128 valence electrons. The van der Waals surface area contributed by atoms with E-state index in [4.69, 9.17) is 5.11 Å². The lowest BCUT2D eigenvalue weighted by Crippen LogP contribution is -2.37. The zero-order valence-corrected chi connectivity index (χ0v) is 15.6. The van der Waals surface area contributed by atoms with E-state index in [9.17, 15) is 4.79 Å². The summed E-state index contributed by atoms with van der Waals surface area (Å²) in [5, 5.41) is 11.4. The predicted octanol–water partition coefficient (Wildman–Crippen LogP) is 3.81. The fourth-order valence-electron chi connectivity index (χ4n) is 2.14. The van der Waals surface area contributed by atoms with Crippen LogP contribution in [0.2, 0.25) is 0 Å². The molecule has 0 aliphatic rings. The average Bonchev–Trinajstić information content (AvgIpc) is 2.98. The Balaban J connectivity index is 2.24. The second-order valence-electron chi connectivity index (χ2n) is 6.51. The number of aryl methyl sites for hydroxylation is 2. The number of carbonyl (C=O) groups is 1. The Morgan fingerprint density at radius 1 is 1.33 bits per heavy atom. The summed E-state index contributed by atoms with van der Waals surface area (Å²) in [4.78, 5) is 19.7. The second kappa shape index (κ2) is 7.23. The number of aromatic nitrogens is 1. The predicted molar refractivity (Wildman–Crippen MR) is 98.6 cm³/mol. The zero-order valence-electron chi connectivity index (χ0n) is 14.8. The van der Waals surface area contributed by atoms with Crippen molar-refractivity contribution in [1.82, 2.24) is 4.98 Å². The zero-order chi connectivity index (χ0) is 17.9. The van der Waals surface area contributed by atoms with Crippen molar-refractivity contribution in [3.63, 3.8) is 0 Å². The molecule has 1 heterocycles. The van der Waals surface area contributed by atoms with Crippen LogP contribution in [0.1, 0.15) is 39.1 Å². The lowest BCUT2D eigenvalue weighted by Gasteiger charge is -2.21. The maximum Gasteiger partial charge on any atom is 0.355 e. The number of aromatic carboxylic acids is 1. The van der Waals surface area contributed by atoms with Gasteiger partial charge in [-0.25, -0.2) is 14.8 Å². The number of carboxylic acid groups (broad SMARTS) is 1. The summed E-state index contributed by atoms with van der Waals surface area (Å²) in [7, 11) is 4.23. The van der Waals surface area contributed by atoms with Crippen molar-refractivity contribution in [3.05, 3.63) is 44.9 Å². The highest BCUT2D eigenvalue weighted by atomic mass is 32.1. The van der Waals surface area contributed by atoms with Crippen LogP contribution in [-0.2, 0) is 6.42 Å². The molecule has 0 aliphatic carbocycles. The summed E-state index contributed by atoms with van der Waals surface area (Å²) in [5.41, 5.74) is 4.49. The highest BCUT2D eigenvalue weighted by Crippen LogP contribution is 2.26. The molecule has 1 aromatic heterocycles. The van der Waals surface area contributed by atoms with Crippen molar-refractivity contribution in [3.8, 4) is 0 Å². The van der Waals surface area contributed by atoms with Crippen molar-refractivity contribution in [2.24, 2.45) is 4.99 Å². The van der Waals surface area contributed by atoms with Gasteiger partial charge in [-0.1, -0.05) is 6.07 Å². The number of quaternary nitrogens is 1. The molecule has 24 heavy (non-hydrogen) atoms. The van der Waals surface area contributed by atoms with Gasteiger partial charge in [0.15, 0.2) is 12.0 Å². The van der Waals surface area contributed by atoms with Crippen molar-refractivity contribution < 1.29 is 14.4 Å². The van der Waals surface area contributed by atoms with Gasteiger partial charge in [-0.2, -0.15) is 0 Å². The van der Waals surface area contributed by atoms with E-state index in [0.717, 1.165) is 38.4 Å². The van der Waals surface area contributed by atoms with Gasteiger partial charge >= 0.3 is 5.97 Å². The lowest BCUT2D eigenvalue weighted by atomic mass is 10.0. The molecular weight excluding hydrogens is 322 g/mol. The number of rotatable bonds is 6. The Morgan fingerprint density at radius 2 is 2.04 bits per heavy atom. The molecule has 2 aromatic rings. The summed E-state index contributed by atoms with van der Waals surface area (Å²) >= 11 is 1.38. The van der Waals surface area contributed by atoms with E-state index in [1.807, 2.05) is 13.3 Å². The van der Waals surface area contributed by atoms with E-state index >= 15 is 0 Å². The first kappa shape index (κ1) is 18.3. The first-order valence-electron chi connectivity index (χ1n) is 7.87. The number of hydrogen-bond acceptors (Lipinski definition) is 4. The fourth-order valence-corrected chi connectivity index (χ4v) is 2.93. The van der Waals surface area contributed by atoms with Crippen LogP contribution in [0.3, 0.4) is 0 Å². The highest BCUT2D eigenvalue weighted by Gasteiger charge is 2.12. The maximum absolute atomic E-state index is 10.9. The third-order valence-corrected chi connectivity index (χ3v) is 4.94. The van der Waals surface area contributed by atoms with Crippen molar-refractivity contribution in [2.45, 2.75) is 27.2 Å². The van der Waals surface area contributed by atoms with E-state index < -0.39 is 5.97 Å². The molecule has 1 aromatic carbocycles. The number of carboxylic acids is 1. The van der Waals surface area contributed by atoms with Crippen LogP contribution in [0.25, 0.3) is 0 Å². The lowest BCUT2D eigenvalue weighted by molar-refractivity contribution is -0.790. The largest absolute Gasteiger partial charge is 0.476 e. The molecule has 0 fully saturated rings. The van der Waals surface area contributed by atoms with Crippen LogP contribution >= 0.6 is 11.3 Å². The van der Waals surface area contributed by atoms with Gasteiger partial charge in [-0.05, 0) is 43.5 Å². The van der Waals surface area contributed by atoms with E-state index in [2.05, 4.69) is 50.1 Å². The SMILES string of the molecule is CC[N+](C)(C)C=Nc1cc(C)c(Cc2nc(C(=O)O)cs2)cc1C. The summed E-state index contributed by atoms with van der Waals surface area (Å²) < 4.78 is 0.733. The highest BCUT2D eigenvalue weighted by molar-refractivity contribution is 7.09. The first-order valence-corrected chi connectivity index (χ1v) is 8.75. The van der Waals surface area contributed by atoms with Crippen LogP contribution in [0.4, 0.5) is 5.69 Å². The fraction of sp³-hybridized carbons (Fsp3) is 0.389. The monoisotopic (exact) mass is 346 g/mol. The van der Waals surface area contributed by atoms with Gasteiger partial charge in [-0.3, -0.25) is 4.48 Å². The Hall–Kier alpha value is -2.05. The number of aliphatic imine (C=N–C) groups is 1. The molecule has 0 saturated carbocycles. The van der Waals surface area contributed by atoms with Gasteiger partial charge in [-0.15, -0.1) is 11.3 Å². The number of benzene rings is 1. The third-order valence-electron chi connectivity index (χ3n) is 4.09. The third kappa shape index (κ3) is 4.49. The standard InChI is InChI=1S/C18H23N3O2S/c1-6-21(4,5)11-19-15-8-12(2)14(7-13(15)3)9-17-20-16(10-24-17)18(22)23/h7-8,10-11H,6,9H2,1-5H3/p+1. The van der Waals surface area contributed by atoms with Crippen molar-refractivity contribution in [1.29, 1.82) is 0 Å². The van der Waals surface area contributed by atoms with Gasteiger partial charge in [0.25, 0.3) is 0 Å². The molecule has 2 rings (SSSR count). The normalized spacial score (nSPS) is 12.0. The molecule has 0 bridgehead atoms. The molecule has 5 nitrogen and oxygen atoms in total. The molecule has 6 heteroatoms. The number of hydrogen-bond donors (Lipinski definition) is 1. The van der Waals surface area contributed by atoms with Crippen LogP contribution in [-0.4, -0.2) is 47.5 Å². The smallest absolute Gasteiger partial charge is 0.355 e. The Labute approximate surface area is 146 Å². The summed E-state index contributed by atoms with van der Waals surface area (Å²) in [6.07, 6.45) is 2.60. The molecule has 0 unspecified atom stereocenters. The van der Waals surface area contributed by atoms with Crippen molar-refractivity contribution >= 4 is 29.3 Å². The second-order valence-corrected chi connectivity index (χ2v) is 7.46. The topological polar surface area (TPSA) is 62.5 Å². The Bertz CT molecular complexity index is 779. The summed E-state index contributed by atoms with van der Waals surface area (Å²) in [5.74, 6) is -0.980. The average molecular weight is 346 g/mol. The summed E-state index contributed by atoms with van der Waals surface area (Å²) in [6.45, 7) is 7.22. The number of thiazole rings is 1. The molecular formula is C18H24N3O2S+. The quantitative estimate of drug-likeness (QED) is 0.491. The molecule has 0 radical (unpaired) electrons. The van der Waals surface area contributed by atoms with Crippen LogP contribution in [0, 0.1) is 13.8 Å². The molecule has 0 atom stereocenters. The first-order chi connectivity index (χ1) is 11.2. The molecule has 0 aliphatic heterocycles. The minimum absolute atomic E-state index is 0.116. The molecule has 0 saturated heterocycles. The van der Waals surface area contributed by atoms with E-state index in [1.165, 1.54) is 11.3 Å². The number of nitrogens with zero attached hydrogens (tertiary/aromatic N) is 3. The van der Waals surface area contributed by atoms with Crippen LogP contribution < -0.4 is 0 Å². The van der Waals surface area contributed by atoms with Crippen LogP contribution in [0.5, 0.6) is 0 Å². The molecule has 0 spiro atoms. The Kier molecular flexibility index (Phi) is 5.51. The van der Waals surface area contributed by atoms with Gasteiger partial charge < -0.3 is 5.11 Å². The van der Waals surface area contributed by atoms with Crippen molar-refractivity contribution in [2.75, 3.05) is 20.6 Å². The van der Waals surface area contributed by atoms with Gasteiger partial charge in [0.2, 0.25) is 0 Å². The maximum atomic E-state index is 10.9. The molecule has 1 N–H and O–H groups in total. The minimum Gasteiger partial charge on any atom is -0.476 e. The van der Waals surface area contributed by atoms with E-state index in [0.29, 0.717) is 6.42 Å². The van der Waals surface area contributed by atoms with Gasteiger partial charge in [0.05, 0.1) is 31.3 Å². The summed E-state index contributed by atoms with van der Waals surface area (Å²) in [6, 6.07) is 4.21. The van der Waals surface area contributed by atoms with E-state index in [1.54, 1.807) is 5.38 Å². The molecule has 0 amide bonds. The van der Waals surface area contributed by atoms with Gasteiger partial charge in [0.1, 0.15) is 0 Å². The minimum atomic E-state index is -0.980. The van der Waals surface area contributed by atoms with Crippen LogP contribution in [0.15, 0.2) is 22.5 Å². The van der Waals surface area contributed by atoms with E-state index in [-0.39, 0.29) is 5.69 Å².